The second kappa shape index (κ2) is 5.66. The van der Waals surface area contributed by atoms with Crippen molar-refractivity contribution in [2.75, 3.05) is 20.1 Å². The number of hydrogen-bond acceptors (Lipinski definition) is 3. The fraction of sp³-hybridized carbons (Fsp3) is 0.667. The van der Waals surface area contributed by atoms with Gasteiger partial charge in [0.05, 0.1) is 12.5 Å². The Hall–Kier alpha value is -1.34. The molecule has 0 radical (unpaired) electrons. The Morgan fingerprint density at radius 1 is 1.69 bits per heavy atom. The van der Waals surface area contributed by atoms with Gasteiger partial charge in [-0.15, -0.1) is 6.58 Å². The average molecular weight is 221 g/mol. The summed E-state index contributed by atoms with van der Waals surface area (Å²) >= 11 is 0. The van der Waals surface area contributed by atoms with Crippen LogP contribution in [0.15, 0.2) is 12.7 Å². The van der Waals surface area contributed by atoms with Gasteiger partial charge >= 0.3 is 0 Å². The van der Waals surface area contributed by atoms with E-state index in [0.29, 0.717) is 12.6 Å². The van der Waals surface area contributed by atoms with Crippen molar-refractivity contribution in [1.82, 2.24) is 9.80 Å². The van der Waals surface area contributed by atoms with E-state index in [-0.39, 0.29) is 18.4 Å². The first-order valence-corrected chi connectivity index (χ1v) is 5.60. The van der Waals surface area contributed by atoms with Crippen LogP contribution in [0.5, 0.6) is 0 Å². The quantitative estimate of drug-likeness (QED) is 0.668. The highest BCUT2D eigenvalue weighted by Crippen LogP contribution is 2.18. The van der Waals surface area contributed by atoms with Crippen molar-refractivity contribution in [3.63, 3.8) is 0 Å². The molecule has 1 aliphatic rings. The molecule has 88 valence electrons. The summed E-state index contributed by atoms with van der Waals surface area (Å²) in [5.41, 5.74) is 0. The fourth-order valence-electron chi connectivity index (χ4n) is 2.11. The predicted octanol–water partition coefficient (Wildman–Crippen LogP) is 1.01. The van der Waals surface area contributed by atoms with E-state index < -0.39 is 0 Å². The normalized spacial score (nSPS) is 27.3. The van der Waals surface area contributed by atoms with E-state index in [1.54, 1.807) is 18.0 Å². The SMILES string of the molecule is C=CCN1C(C)CCN(C)C(=O)C1CC#N. The van der Waals surface area contributed by atoms with Crippen LogP contribution in [0.4, 0.5) is 0 Å². The number of carbonyl (C=O) groups excluding carboxylic acids is 1. The van der Waals surface area contributed by atoms with Gasteiger partial charge in [0.15, 0.2) is 0 Å². The summed E-state index contributed by atoms with van der Waals surface area (Å²) in [7, 11) is 1.80. The standard InChI is InChI=1S/C12H19N3O/c1-4-8-15-10(2)6-9-14(3)12(16)11(15)5-7-13/h4,10-11H,1,5-6,8-9H2,2-3H3. The number of nitrogens with zero attached hydrogens (tertiary/aromatic N) is 3. The van der Waals surface area contributed by atoms with Crippen molar-refractivity contribution in [2.45, 2.75) is 31.8 Å². The van der Waals surface area contributed by atoms with Crippen molar-refractivity contribution in [3.8, 4) is 6.07 Å². The van der Waals surface area contributed by atoms with Gasteiger partial charge in [0.1, 0.15) is 6.04 Å². The molecule has 2 unspecified atom stereocenters. The lowest BCUT2D eigenvalue weighted by molar-refractivity contribution is -0.134. The van der Waals surface area contributed by atoms with Crippen LogP contribution >= 0.6 is 0 Å². The maximum atomic E-state index is 12.1. The van der Waals surface area contributed by atoms with E-state index in [4.69, 9.17) is 5.26 Å². The number of likely N-dealkylation sites (N-methyl/N-ethyl adjacent to an activating group) is 1. The van der Waals surface area contributed by atoms with E-state index in [9.17, 15) is 4.79 Å². The molecule has 0 N–H and O–H groups in total. The van der Waals surface area contributed by atoms with Crippen LogP contribution in [0.25, 0.3) is 0 Å². The maximum Gasteiger partial charge on any atom is 0.240 e. The number of nitriles is 1. The van der Waals surface area contributed by atoms with Gasteiger partial charge in [-0.05, 0) is 13.3 Å². The van der Waals surface area contributed by atoms with E-state index in [1.807, 2.05) is 0 Å². The Morgan fingerprint density at radius 3 is 2.94 bits per heavy atom. The molecule has 4 nitrogen and oxygen atoms in total. The monoisotopic (exact) mass is 221 g/mol. The van der Waals surface area contributed by atoms with Crippen molar-refractivity contribution >= 4 is 5.91 Å². The van der Waals surface area contributed by atoms with Gasteiger partial charge in [-0.25, -0.2) is 0 Å². The molecular weight excluding hydrogens is 202 g/mol. The van der Waals surface area contributed by atoms with Crippen LogP contribution in [-0.4, -0.2) is 47.9 Å². The topological polar surface area (TPSA) is 47.3 Å². The largest absolute Gasteiger partial charge is 0.344 e. The molecule has 0 saturated carbocycles. The molecule has 0 spiro atoms. The molecule has 4 heteroatoms. The summed E-state index contributed by atoms with van der Waals surface area (Å²) < 4.78 is 0. The van der Waals surface area contributed by atoms with Gasteiger partial charge < -0.3 is 4.90 Å². The van der Waals surface area contributed by atoms with Crippen molar-refractivity contribution in [3.05, 3.63) is 12.7 Å². The van der Waals surface area contributed by atoms with Gasteiger partial charge in [0.25, 0.3) is 0 Å². The number of hydrogen-bond donors (Lipinski definition) is 0. The van der Waals surface area contributed by atoms with Gasteiger partial charge in [-0.3, -0.25) is 9.69 Å². The minimum Gasteiger partial charge on any atom is -0.344 e. The van der Waals surface area contributed by atoms with Crippen LogP contribution in [0.3, 0.4) is 0 Å². The maximum absolute atomic E-state index is 12.1. The van der Waals surface area contributed by atoms with Crippen LogP contribution in [0.1, 0.15) is 19.8 Å². The molecular formula is C12H19N3O. The lowest BCUT2D eigenvalue weighted by Gasteiger charge is -2.31. The molecule has 1 amide bonds. The summed E-state index contributed by atoms with van der Waals surface area (Å²) in [6.07, 6.45) is 2.98. The molecule has 0 aromatic heterocycles. The molecule has 0 aliphatic carbocycles. The highest BCUT2D eigenvalue weighted by molar-refractivity contribution is 5.82. The van der Waals surface area contributed by atoms with E-state index in [0.717, 1.165) is 13.0 Å². The zero-order chi connectivity index (χ0) is 12.1. The Labute approximate surface area is 97.1 Å². The summed E-state index contributed by atoms with van der Waals surface area (Å²) in [6, 6.07) is 2.10. The number of amides is 1. The lowest BCUT2D eigenvalue weighted by atomic mass is 10.1. The zero-order valence-corrected chi connectivity index (χ0v) is 10.0. The second-order valence-electron chi connectivity index (χ2n) is 4.26. The highest BCUT2D eigenvalue weighted by atomic mass is 16.2. The Kier molecular flexibility index (Phi) is 4.51. The average Bonchev–Trinajstić information content (AvgIpc) is 2.36. The van der Waals surface area contributed by atoms with Crippen molar-refractivity contribution in [1.29, 1.82) is 5.26 Å². The van der Waals surface area contributed by atoms with E-state index >= 15 is 0 Å². The molecule has 2 atom stereocenters. The summed E-state index contributed by atoms with van der Waals surface area (Å²) in [5, 5.41) is 8.81. The van der Waals surface area contributed by atoms with Crippen molar-refractivity contribution < 1.29 is 4.79 Å². The van der Waals surface area contributed by atoms with E-state index in [2.05, 4.69) is 24.5 Å². The smallest absolute Gasteiger partial charge is 0.240 e. The van der Waals surface area contributed by atoms with Gasteiger partial charge in [-0.1, -0.05) is 6.08 Å². The van der Waals surface area contributed by atoms with E-state index in [1.165, 1.54) is 0 Å². The zero-order valence-electron chi connectivity index (χ0n) is 10.0. The molecule has 1 rings (SSSR count). The first-order chi connectivity index (χ1) is 7.61. The van der Waals surface area contributed by atoms with Crippen LogP contribution in [0, 0.1) is 11.3 Å². The summed E-state index contributed by atoms with van der Waals surface area (Å²) in [4.78, 5) is 15.9. The molecule has 0 aromatic rings. The third kappa shape index (κ3) is 2.61. The van der Waals surface area contributed by atoms with Gasteiger partial charge in [0.2, 0.25) is 5.91 Å². The molecule has 0 aromatic carbocycles. The summed E-state index contributed by atoms with van der Waals surface area (Å²) in [6.45, 7) is 7.23. The number of rotatable bonds is 3. The van der Waals surface area contributed by atoms with Crippen molar-refractivity contribution in [2.24, 2.45) is 0 Å². The van der Waals surface area contributed by atoms with Gasteiger partial charge in [0, 0.05) is 26.2 Å². The highest BCUT2D eigenvalue weighted by Gasteiger charge is 2.33. The third-order valence-electron chi connectivity index (χ3n) is 3.13. The fourth-order valence-corrected chi connectivity index (χ4v) is 2.11. The first kappa shape index (κ1) is 12.7. The third-order valence-corrected chi connectivity index (χ3v) is 3.13. The summed E-state index contributed by atoms with van der Waals surface area (Å²) in [5.74, 6) is 0.0488. The van der Waals surface area contributed by atoms with Crippen LogP contribution in [0.2, 0.25) is 0 Å². The first-order valence-electron chi connectivity index (χ1n) is 5.60. The van der Waals surface area contributed by atoms with Crippen LogP contribution < -0.4 is 0 Å². The molecule has 16 heavy (non-hydrogen) atoms. The molecule has 1 fully saturated rings. The Bertz CT molecular complexity index is 308. The Morgan fingerprint density at radius 2 is 2.38 bits per heavy atom. The predicted molar refractivity (Wildman–Crippen MR) is 62.6 cm³/mol. The van der Waals surface area contributed by atoms with Crippen LogP contribution in [-0.2, 0) is 4.79 Å². The number of carbonyl (C=O) groups is 1. The minimum atomic E-state index is -0.314. The lowest BCUT2D eigenvalue weighted by Crippen LogP contribution is -2.47. The molecule has 1 aliphatic heterocycles. The molecule has 1 heterocycles. The minimum absolute atomic E-state index is 0.0488. The molecule has 1 saturated heterocycles. The van der Waals surface area contributed by atoms with Gasteiger partial charge in [-0.2, -0.15) is 5.26 Å². The molecule has 0 bridgehead atoms. The Balaban J connectivity index is 2.93. The second-order valence-corrected chi connectivity index (χ2v) is 4.26.